The number of carbonyl (C=O) groups is 1. The molecule has 5 heteroatoms. The summed E-state index contributed by atoms with van der Waals surface area (Å²) in [5.74, 6) is 0.546. The van der Waals surface area contributed by atoms with E-state index in [1.54, 1.807) is 11.0 Å². The van der Waals surface area contributed by atoms with Gasteiger partial charge in [-0.15, -0.1) is 0 Å². The Balaban J connectivity index is 2.22. The molecule has 1 N–H and O–H groups in total. The van der Waals surface area contributed by atoms with Gasteiger partial charge in [-0.2, -0.15) is 0 Å². The number of nitrogens with zero attached hydrogens (tertiary/aromatic N) is 3. The Morgan fingerprint density at radius 3 is 2.57 bits per heavy atom. The number of rotatable bonds is 5. The third-order valence-electron chi connectivity index (χ3n) is 3.34. The standard InChI is InChI=1S/C16H20N4O/c1-4-20(5-2)16(21)14-10-15(18-11-17-14)19-13-9-7-6-8-12(13)3/h6-11H,4-5H2,1-3H3,(H,17,18,19). The number of carbonyl (C=O) groups excluding carboxylic acids is 1. The largest absolute Gasteiger partial charge is 0.340 e. The number of hydrogen-bond acceptors (Lipinski definition) is 4. The predicted octanol–water partition coefficient (Wildman–Crippen LogP) is 3.01. The lowest BCUT2D eigenvalue weighted by atomic mass is 10.2. The summed E-state index contributed by atoms with van der Waals surface area (Å²) in [5, 5.41) is 3.22. The number of benzene rings is 1. The molecule has 0 saturated heterocycles. The SMILES string of the molecule is CCN(CC)C(=O)c1cc(Nc2ccccc2C)ncn1. The van der Waals surface area contributed by atoms with E-state index in [4.69, 9.17) is 0 Å². The summed E-state index contributed by atoms with van der Waals surface area (Å²) < 4.78 is 0. The second-order valence-corrected chi connectivity index (χ2v) is 4.71. The van der Waals surface area contributed by atoms with Crippen molar-refractivity contribution in [2.75, 3.05) is 18.4 Å². The number of aromatic nitrogens is 2. The van der Waals surface area contributed by atoms with Crippen molar-refractivity contribution >= 4 is 17.4 Å². The monoisotopic (exact) mass is 284 g/mol. The van der Waals surface area contributed by atoms with Gasteiger partial charge in [0.05, 0.1) is 0 Å². The first kappa shape index (κ1) is 15.0. The Hall–Kier alpha value is -2.43. The highest BCUT2D eigenvalue weighted by atomic mass is 16.2. The maximum atomic E-state index is 12.3. The molecule has 0 fully saturated rings. The van der Waals surface area contributed by atoms with E-state index in [1.807, 2.05) is 45.0 Å². The van der Waals surface area contributed by atoms with Gasteiger partial charge in [0.1, 0.15) is 17.8 Å². The van der Waals surface area contributed by atoms with Gasteiger partial charge in [-0.3, -0.25) is 4.79 Å². The van der Waals surface area contributed by atoms with Gasteiger partial charge in [-0.05, 0) is 32.4 Å². The summed E-state index contributed by atoms with van der Waals surface area (Å²) >= 11 is 0. The molecule has 2 rings (SSSR count). The van der Waals surface area contributed by atoms with Crippen LogP contribution in [0.5, 0.6) is 0 Å². The minimum atomic E-state index is -0.0739. The van der Waals surface area contributed by atoms with Crippen LogP contribution in [0.25, 0.3) is 0 Å². The number of amides is 1. The van der Waals surface area contributed by atoms with Crippen LogP contribution in [-0.4, -0.2) is 33.9 Å². The van der Waals surface area contributed by atoms with Crippen molar-refractivity contribution in [3.8, 4) is 0 Å². The molecular weight excluding hydrogens is 264 g/mol. The molecule has 0 spiro atoms. The van der Waals surface area contributed by atoms with Crippen molar-refractivity contribution in [3.05, 3.63) is 47.9 Å². The number of nitrogens with one attached hydrogen (secondary N) is 1. The summed E-state index contributed by atoms with van der Waals surface area (Å²) in [6.45, 7) is 7.26. The molecule has 0 aliphatic carbocycles. The molecule has 21 heavy (non-hydrogen) atoms. The van der Waals surface area contributed by atoms with Crippen LogP contribution < -0.4 is 5.32 Å². The third kappa shape index (κ3) is 3.56. The molecule has 2 aromatic rings. The zero-order valence-corrected chi connectivity index (χ0v) is 12.6. The lowest BCUT2D eigenvalue weighted by Gasteiger charge is -2.18. The van der Waals surface area contributed by atoms with Crippen molar-refractivity contribution in [2.45, 2.75) is 20.8 Å². The lowest BCUT2D eigenvalue weighted by Crippen LogP contribution is -2.31. The number of hydrogen-bond donors (Lipinski definition) is 1. The molecule has 5 nitrogen and oxygen atoms in total. The van der Waals surface area contributed by atoms with Crippen molar-refractivity contribution in [3.63, 3.8) is 0 Å². The lowest BCUT2D eigenvalue weighted by molar-refractivity contribution is 0.0767. The Morgan fingerprint density at radius 2 is 1.90 bits per heavy atom. The quantitative estimate of drug-likeness (QED) is 0.917. The Morgan fingerprint density at radius 1 is 1.19 bits per heavy atom. The molecule has 0 radical (unpaired) electrons. The van der Waals surface area contributed by atoms with E-state index in [-0.39, 0.29) is 5.91 Å². The Labute approximate surface area is 125 Å². The van der Waals surface area contributed by atoms with Crippen LogP contribution in [0.1, 0.15) is 29.9 Å². The zero-order chi connectivity index (χ0) is 15.2. The molecule has 1 aromatic heterocycles. The maximum absolute atomic E-state index is 12.3. The second-order valence-electron chi connectivity index (χ2n) is 4.71. The first-order chi connectivity index (χ1) is 10.2. The topological polar surface area (TPSA) is 58.1 Å². The minimum Gasteiger partial charge on any atom is -0.340 e. The summed E-state index contributed by atoms with van der Waals surface area (Å²) in [4.78, 5) is 22.3. The van der Waals surface area contributed by atoms with Gasteiger partial charge in [0.2, 0.25) is 0 Å². The maximum Gasteiger partial charge on any atom is 0.272 e. The van der Waals surface area contributed by atoms with Gasteiger partial charge in [-0.1, -0.05) is 18.2 Å². The summed E-state index contributed by atoms with van der Waals surface area (Å²) in [6, 6.07) is 9.62. The molecule has 1 amide bonds. The highest BCUT2D eigenvalue weighted by Gasteiger charge is 2.14. The third-order valence-corrected chi connectivity index (χ3v) is 3.34. The van der Waals surface area contributed by atoms with Crippen LogP contribution in [-0.2, 0) is 0 Å². The Bertz CT molecular complexity index is 623. The van der Waals surface area contributed by atoms with E-state index in [1.165, 1.54) is 6.33 Å². The van der Waals surface area contributed by atoms with Gasteiger partial charge >= 0.3 is 0 Å². The van der Waals surface area contributed by atoms with Gasteiger partial charge < -0.3 is 10.2 Å². The van der Waals surface area contributed by atoms with E-state index >= 15 is 0 Å². The normalized spacial score (nSPS) is 10.2. The van der Waals surface area contributed by atoms with E-state index in [9.17, 15) is 4.79 Å². The highest BCUT2D eigenvalue weighted by Crippen LogP contribution is 2.18. The van der Waals surface area contributed by atoms with Crippen LogP contribution in [0.15, 0.2) is 36.7 Å². The van der Waals surface area contributed by atoms with E-state index < -0.39 is 0 Å². The molecule has 0 aliphatic heterocycles. The van der Waals surface area contributed by atoms with Crippen molar-refractivity contribution in [1.82, 2.24) is 14.9 Å². The smallest absolute Gasteiger partial charge is 0.272 e. The van der Waals surface area contributed by atoms with Crippen LogP contribution in [0.2, 0.25) is 0 Å². The van der Waals surface area contributed by atoms with E-state index in [0.717, 1.165) is 11.3 Å². The average molecular weight is 284 g/mol. The van der Waals surface area contributed by atoms with E-state index in [2.05, 4.69) is 15.3 Å². The molecule has 0 bridgehead atoms. The molecule has 0 aliphatic rings. The van der Waals surface area contributed by atoms with Crippen LogP contribution in [0.3, 0.4) is 0 Å². The van der Waals surface area contributed by atoms with Gasteiger partial charge in [0.15, 0.2) is 0 Å². The van der Waals surface area contributed by atoms with E-state index in [0.29, 0.717) is 24.6 Å². The van der Waals surface area contributed by atoms with Gasteiger partial charge in [-0.25, -0.2) is 9.97 Å². The summed E-state index contributed by atoms with van der Waals surface area (Å²) in [7, 11) is 0. The fourth-order valence-corrected chi connectivity index (χ4v) is 2.07. The van der Waals surface area contributed by atoms with Crippen molar-refractivity contribution in [2.24, 2.45) is 0 Å². The summed E-state index contributed by atoms with van der Waals surface area (Å²) in [5.41, 5.74) is 2.50. The van der Waals surface area contributed by atoms with Crippen LogP contribution in [0, 0.1) is 6.92 Å². The van der Waals surface area contributed by atoms with Gasteiger partial charge in [0, 0.05) is 24.8 Å². The number of anilines is 2. The minimum absolute atomic E-state index is 0.0739. The first-order valence-electron chi connectivity index (χ1n) is 7.09. The average Bonchev–Trinajstić information content (AvgIpc) is 2.51. The fourth-order valence-electron chi connectivity index (χ4n) is 2.07. The number of para-hydroxylation sites is 1. The Kier molecular flexibility index (Phi) is 4.87. The fraction of sp³-hybridized carbons (Fsp3) is 0.312. The first-order valence-corrected chi connectivity index (χ1v) is 7.09. The molecule has 0 saturated carbocycles. The summed E-state index contributed by atoms with van der Waals surface area (Å²) in [6.07, 6.45) is 1.41. The van der Waals surface area contributed by atoms with Crippen LogP contribution >= 0.6 is 0 Å². The molecule has 0 atom stereocenters. The molecule has 1 heterocycles. The second kappa shape index (κ2) is 6.83. The van der Waals surface area contributed by atoms with Crippen LogP contribution in [0.4, 0.5) is 11.5 Å². The zero-order valence-electron chi connectivity index (χ0n) is 12.6. The molecule has 0 unspecified atom stereocenters. The van der Waals surface area contributed by atoms with Crippen molar-refractivity contribution in [1.29, 1.82) is 0 Å². The van der Waals surface area contributed by atoms with Crippen molar-refractivity contribution < 1.29 is 4.79 Å². The molecule has 110 valence electrons. The number of aryl methyl sites for hydroxylation is 1. The van der Waals surface area contributed by atoms with Gasteiger partial charge in [0.25, 0.3) is 5.91 Å². The predicted molar refractivity (Wildman–Crippen MR) is 83.7 cm³/mol. The molecule has 1 aromatic carbocycles. The molecular formula is C16H20N4O. The highest BCUT2D eigenvalue weighted by molar-refractivity contribution is 5.93.